The van der Waals surface area contributed by atoms with Crippen LogP contribution < -0.4 is 5.43 Å². The molecule has 0 bridgehead atoms. The molecule has 31 heavy (non-hydrogen) atoms. The van der Waals surface area contributed by atoms with Crippen molar-refractivity contribution in [2.45, 2.75) is 20.4 Å². The highest BCUT2D eigenvalue weighted by atomic mass is 16.6. The molecule has 0 aliphatic carbocycles. The predicted octanol–water partition coefficient (Wildman–Crippen LogP) is 4.16. The van der Waals surface area contributed by atoms with Crippen molar-refractivity contribution < 1.29 is 10.0 Å². The van der Waals surface area contributed by atoms with Crippen molar-refractivity contribution in [3.8, 4) is 5.75 Å². The quantitative estimate of drug-likeness (QED) is 0.277. The van der Waals surface area contributed by atoms with E-state index in [0.717, 1.165) is 22.3 Å². The number of phenols is 1. The van der Waals surface area contributed by atoms with Gasteiger partial charge in [-0.15, -0.1) is 0 Å². The summed E-state index contributed by atoms with van der Waals surface area (Å²) < 4.78 is 2.14. The normalized spacial score (nSPS) is 11.3. The highest BCUT2D eigenvalue weighted by Crippen LogP contribution is 2.29. The molecule has 9 heteroatoms. The van der Waals surface area contributed by atoms with Gasteiger partial charge in [0.1, 0.15) is 12.0 Å². The number of anilines is 1. The summed E-state index contributed by atoms with van der Waals surface area (Å²) in [6.07, 6.45) is 2.91. The minimum Gasteiger partial charge on any atom is -0.502 e. The second kappa shape index (κ2) is 8.23. The lowest BCUT2D eigenvalue weighted by Crippen LogP contribution is -2.03. The highest BCUT2D eigenvalue weighted by molar-refractivity contribution is 5.92. The first-order chi connectivity index (χ1) is 15.0. The maximum atomic E-state index is 11.0. The minimum absolute atomic E-state index is 0.377. The van der Waals surface area contributed by atoms with Crippen molar-refractivity contribution in [2.75, 3.05) is 5.43 Å². The second-order valence-corrected chi connectivity index (χ2v) is 7.08. The second-order valence-electron chi connectivity index (χ2n) is 7.08. The molecule has 0 fully saturated rings. The number of nitrogens with zero attached hydrogens (tertiary/aromatic N) is 5. The SMILES string of the molecule is Cc1c(C)n(Cc2ccccc2)c2ncnc(N/N=C\c3ccc(O)c([N+](=O)[O-])c3)c12. The molecule has 4 aromatic rings. The summed E-state index contributed by atoms with van der Waals surface area (Å²) in [7, 11) is 0. The Morgan fingerprint density at radius 2 is 1.97 bits per heavy atom. The van der Waals surface area contributed by atoms with Gasteiger partial charge in [0.15, 0.2) is 11.6 Å². The molecular weight excluding hydrogens is 396 g/mol. The first-order valence-electron chi connectivity index (χ1n) is 9.56. The van der Waals surface area contributed by atoms with Crippen molar-refractivity contribution >= 4 is 28.8 Å². The molecule has 2 heterocycles. The lowest BCUT2D eigenvalue weighted by atomic mass is 10.2. The van der Waals surface area contributed by atoms with Gasteiger partial charge in [-0.1, -0.05) is 30.3 Å². The molecule has 0 aliphatic rings. The maximum absolute atomic E-state index is 11.0. The lowest BCUT2D eigenvalue weighted by Gasteiger charge is -2.08. The van der Waals surface area contributed by atoms with E-state index in [1.807, 2.05) is 32.0 Å². The summed E-state index contributed by atoms with van der Waals surface area (Å²) in [5.74, 6) is 0.153. The van der Waals surface area contributed by atoms with E-state index in [4.69, 9.17) is 0 Å². The number of phenolic OH excluding ortho intramolecular Hbond substituents is 1. The van der Waals surface area contributed by atoms with Gasteiger partial charge in [0.05, 0.1) is 16.5 Å². The minimum atomic E-state index is -0.643. The van der Waals surface area contributed by atoms with E-state index in [1.165, 1.54) is 36.3 Å². The Kier molecular flexibility index (Phi) is 5.31. The number of hydrogen-bond acceptors (Lipinski definition) is 7. The van der Waals surface area contributed by atoms with Gasteiger partial charge >= 0.3 is 5.69 Å². The fourth-order valence-electron chi connectivity index (χ4n) is 3.45. The average Bonchev–Trinajstić information content (AvgIpc) is 3.01. The molecule has 2 aromatic heterocycles. The topological polar surface area (TPSA) is 118 Å². The fourth-order valence-corrected chi connectivity index (χ4v) is 3.45. The van der Waals surface area contributed by atoms with Gasteiger partial charge in [0.25, 0.3) is 0 Å². The molecule has 0 aliphatic heterocycles. The van der Waals surface area contributed by atoms with E-state index in [0.29, 0.717) is 17.9 Å². The van der Waals surface area contributed by atoms with Crippen LogP contribution >= 0.6 is 0 Å². The van der Waals surface area contributed by atoms with Crippen LogP contribution in [0.25, 0.3) is 11.0 Å². The molecule has 2 aromatic carbocycles. The first kappa shape index (κ1) is 20.0. The molecule has 156 valence electrons. The van der Waals surface area contributed by atoms with Gasteiger partial charge in [0, 0.05) is 23.9 Å². The fraction of sp³-hybridized carbons (Fsp3) is 0.136. The van der Waals surface area contributed by atoms with E-state index in [-0.39, 0.29) is 5.69 Å². The third-order valence-corrected chi connectivity index (χ3v) is 5.17. The molecule has 0 amide bonds. The molecule has 0 saturated carbocycles. The van der Waals surface area contributed by atoms with Crippen LogP contribution in [0.2, 0.25) is 0 Å². The Morgan fingerprint density at radius 3 is 2.71 bits per heavy atom. The number of hydrogen-bond donors (Lipinski definition) is 2. The number of nitro groups is 1. The van der Waals surface area contributed by atoms with E-state index < -0.39 is 10.7 Å². The number of aromatic hydroxyl groups is 1. The van der Waals surface area contributed by atoms with Gasteiger partial charge < -0.3 is 9.67 Å². The highest BCUT2D eigenvalue weighted by Gasteiger charge is 2.17. The standard InChI is InChI=1S/C22H20N6O3/c1-14-15(2)27(12-16-6-4-3-5-7-16)22-20(14)21(23-13-24-22)26-25-11-17-8-9-19(29)18(10-17)28(30)31/h3-11,13,29H,12H2,1-2H3,(H,23,24,26)/b25-11-. The summed E-state index contributed by atoms with van der Waals surface area (Å²) in [5, 5.41) is 25.6. The van der Waals surface area contributed by atoms with Crippen LogP contribution in [0.15, 0.2) is 60.0 Å². The van der Waals surface area contributed by atoms with Gasteiger partial charge in [-0.25, -0.2) is 9.97 Å². The Morgan fingerprint density at radius 1 is 1.19 bits per heavy atom. The molecule has 0 radical (unpaired) electrons. The molecule has 9 nitrogen and oxygen atoms in total. The van der Waals surface area contributed by atoms with Crippen LogP contribution in [0.1, 0.15) is 22.4 Å². The van der Waals surface area contributed by atoms with Crippen LogP contribution in [0.5, 0.6) is 5.75 Å². The number of nitro benzene ring substituents is 1. The zero-order valence-electron chi connectivity index (χ0n) is 17.0. The third-order valence-electron chi connectivity index (χ3n) is 5.17. The largest absolute Gasteiger partial charge is 0.502 e. The Labute approximate surface area is 177 Å². The van der Waals surface area contributed by atoms with Crippen molar-refractivity contribution in [3.05, 3.63) is 87.4 Å². The molecule has 0 saturated heterocycles. The summed E-state index contributed by atoms with van der Waals surface area (Å²) in [6, 6.07) is 14.2. The number of nitrogens with one attached hydrogen (secondary N) is 1. The van der Waals surface area contributed by atoms with Crippen molar-refractivity contribution in [3.63, 3.8) is 0 Å². The predicted molar refractivity (Wildman–Crippen MR) is 119 cm³/mol. The van der Waals surface area contributed by atoms with Gasteiger partial charge in [-0.2, -0.15) is 5.10 Å². The smallest absolute Gasteiger partial charge is 0.311 e. The summed E-state index contributed by atoms with van der Waals surface area (Å²) >= 11 is 0. The van der Waals surface area contributed by atoms with E-state index in [1.54, 1.807) is 0 Å². The Balaban J connectivity index is 1.65. The van der Waals surface area contributed by atoms with Crippen molar-refractivity contribution in [1.82, 2.24) is 14.5 Å². The van der Waals surface area contributed by atoms with E-state index >= 15 is 0 Å². The van der Waals surface area contributed by atoms with Crippen molar-refractivity contribution in [1.29, 1.82) is 0 Å². The number of hydrazone groups is 1. The zero-order chi connectivity index (χ0) is 22.0. The molecule has 0 unspecified atom stereocenters. The number of benzene rings is 2. The molecule has 0 spiro atoms. The first-order valence-corrected chi connectivity index (χ1v) is 9.56. The lowest BCUT2D eigenvalue weighted by molar-refractivity contribution is -0.385. The monoisotopic (exact) mass is 416 g/mol. The molecule has 4 rings (SSSR count). The van der Waals surface area contributed by atoms with E-state index in [2.05, 4.69) is 37.2 Å². The van der Waals surface area contributed by atoms with Crippen LogP contribution in [-0.2, 0) is 6.54 Å². The molecular formula is C22H20N6O3. The number of rotatable bonds is 6. The van der Waals surface area contributed by atoms with Crippen LogP contribution in [0, 0.1) is 24.0 Å². The number of aryl methyl sites for hydroxylation is 1. The summed E-state index contributed by atoms with van der Waals surface area (Å²) in [5.41, 5.74) is 7.11. The van der Waals surface area contributed by atoms with Gasteiger partial charge in [-0.05, 0) is 37.1 Å². The molecule has 2 N–H and O–H groups in total. The number of fused-ring (bicyclic) bond motifs is 1. The van der Waals surface area contributed by atoms with Crippen LogP contribution in [0.4, 0.5) is 11.5 Å². The summed E-state index contributed by atoms with van der Waals surface area (Å²) in [4.78, 5) is 19.1. The zero-order valence-corrected chi connectivity index (χ0v) is 17.0. The Bertz CT molecular complexity index is 1300. The van der Waals surface area contributed by atoms with Gasteiger partial charge in [0.2, 0.25) is 0 Å². The van der Waals surface area contributed by atoms with E-state index in [9.17, 15) is 15.2 Å². The summed E-state index contributed by atoms with van der Waals surface area (Å²) in [6.45, 7) is 4.75. The number of aromatic nitrogens is 3. The van der Waals surface area contributed by atoms with Gasteiger partial charge in [-0.3, -0.25) is 15.5 Å². The maximum Gasteiger partial charge on any atom is 0.311 e. The van der Waals surface area contributed by atoms with Crippen molar-refractivity contribution in [2.24, 2.45) is 5.10 Å². The third kappa shape index (κ3) is 3.93. The molecule has 0 atom stereocenters. The average molecular weight is 416 g/mol. The van der Waals surface area contributed by atoms with Crippen LogP contribution in [-0.4, -0.2) is 30.8 Å². The Hall–Kier alpha value is -4.27. The van der Waals surface area contributed by atoms with Crippen LogP contribution in [0.3, 0.4) is 0 Å².